The quantitative estimate of drug-likeness (QED) is 0.197. The highest BCUT2D eigenvalue weighted by Crippen LogP contribution is 2.34. The van der Waals surface area contributed by atoms with Crippen LogP contribution in [0.3, 0.4) is 0 Å². The van der Waals surface area contributed by atoms with Crippen molar-refractivity contribution < 1.29 is 27.9 Å². The molecule has 0 bridgehead atoms. The Balaban J connectivity index is 1.23. The summed E-state index contributed by atoms with van der Waals surface area (Å²) in [5, 5.41) is 3.41. The van der Waals surface area contributed by atoms with Crippen LogP contribution < -0.4 is 10.1 Å². The number of fused-ring (bicyclic) bond motifs is 1. The monoisotopic (exact) mass is 629 g/mol. The van der Waals surface area contributed by atoms with Gasteiger partial charge in [-0.25, -0.2) is 18.7 Å². The van der Waals surface area contributed by atoms with Gasteiger partial charge >= 0.3 is 6.01 Å². The molecule has 1 fully saturated rings. The molecule has 3 aromatic carbocycles. The number of nitrogens with zero attached hydrogens (tertiary/aromatic N) is 4. The van der Waals surface area contributed by atoms with E-state index in [1.807, 2.05) is 0 Å². The predicted molar refractivity (Wildman–Crippen MR) is 165 cm³/mol. The number of ketones is 1. The molecule has 0 aliphatic carbocycles. The third-order valence-corrected chi connectivity index (χ3v) is 7.91. The number of ether oxygens (including phenoxy) is 1. The summed E-state index contributed by atoms with van der Waals surface area (Å²) < 4.78 is 37.5. The fourth-order valence-corrected chi connectivity index (χ4v) is 5.71. The van der Waals surface area contributed by atoms with Crippen LogP contribution in [0.1, 0.15) is 23.7 Å². The van der Waals surface area contributed by atoms with E-state index in [2.05, 4.69) is 15.3 Å². The molecule has 2 atom stereocenters. The maximum Gasteiger partial charge on any atom is 0.321 e. The third kappa shape index (κ3) is 6.12. The molecule has 2 unspecified atom stereocenters. The van der Waals surface area contributed by atoms with Crippen molar-refractivity contribution in [1.82, 2.24) is 19.4 Å². The first-order valence-electron chi connectivity index (χ1n) is 14.1. The van der Waals surface area contributed by atoms with Crippen LogP contribution in [0.4, 0.5) is 14.5 Å². The second-order valence-electron chi connectivity index (χ2n) is 10.6. The Morgan fingerprint density at radius 1 is 1.02 bits per heavy atom. The van der Waals surface area contributed by atoms with Crippen LogP contribution in [0.2, 0.25) is 5.02 Å². The Morgan fingerprint density at radius 2 is 1.78 bits per heavy atom. The number of likely N-dealkylation sites (tertiary alicyclic amines) is 1. The summed E-state index contributed by atoms with van der Waals surface area (Å²) in [5.41, 5.74) is 1.43. The second-order valence-corrected chi connectivity index (χ2v) is 11.0. The number of Topliss-reactive ketones (excluding diaryl/α,β-unsaturated/α-hetero) is 1. The molecule has 3 heterocycles. The van der Waals surface area contributed by atoms with E-state index < -0.39 is 29.8 Å². The standard InChI is InChI=1S/C33H26ClF2N5O4/c1-19(42)25-17-40(28-11-10-21(15-24(25)28)45-33-37-12-5-13-38-33)18-30(43)41-16-20(35)14-29(41)32(44)39-27-9-4-7-23(31(27)36)22-6-2-3-8-26(22)34/h2-13,15,17,20,29H,14,16,18H2,1H3,(H,39,44). The summed E-state index contributed by atoms with van der Waals surface area (Å²) in [6.45, 7) is 0.842. The lowest BCUT2D eigenvalue weighted by atomic mass is 10.0. The smallest absolute Gasteiger partial charge is 0.321 e. The molecule has 12 heteroatoms. The maximum atomic E-state index is 15.5. The van der Waals surface area contributed by atoms with E-state index in [4.69, 9.17) is 16.3 Å². The van der Waals surface area contributed by atoms with Gasteiger partial charge in [0.1, 0.15) is 24.5 Å². The second kappa shape index (κ2) is 12.4. The summed E-state index contributed by atoms with van der Waals surface area (Å²) in [7, 11) is 0. The fraction of sp³-hybridized carbons (Fsp3) is 0.182. The van der Waals surface area contributed by atoms with E-state index in [0.717, 1.165) is 4.90 Å². The van der Waals surface area contributed by atoms with Crippen molar-refractivity contribution in [3.63, 3.8) is 0 Å². The number of carbonyl (C=O) groups excluding carboxylic acids is 3. The molecule has 0 radical (unpaired) electrons. The first-order valence-corrected chi connectivity index (χ1v) is 14.4. The Morgan fingerprint density at radius 3 is 2.53 bits per heavy atom. The van der Waals surface area contributed by atoms with Crippen molar-refractivity contribution in [2.75, 3.05) is 11.9 Å². The van der Waals surface area contributed by atoms with Gasteiger partial charge in [-0.2, -0.15) is 0 Å². The molecule has 5 aromatic rings. The molecule has 0 saturated carbocycles. The van der Waals surface area contributed by atoms with E-state index in [0.29, 0.717) is 32.8 Å². The van der Waals surface area contributed by atoms with Gasteiger partial charge in [-0.3, -0.25) is 14.4 Å². The Bertz CT molecular complexity index is 1930. The lowest BCUT2D eigenvalue weighted by molar-refractivity contribution is -0.137. The minimum absolute atomic E-state index is 0.117. The molecule has 45 heavy (non-hydrogen) atoms. The zero-order chi connectivity index (χ0) is 31.7. The topological polar surface area (TPSA) is 106 Å². The van der Waals surface area contributed by atoms with Crippen molar-refractivity contribution in [3.8, 4) is 22.9 Å². The van der Waals surface area contributed by atoms with Crippen molar-refractivity contribution >= 4 is 45.8 Å². The van der Waals surface area contributed by atoms with Gasteiger partial charge in [-0.15, -0.1) is 0 Å². The predicted octanol–water partition coefficient (Wildman–Crippen LogP) is 6.46. The normalized spacial score (nSPS) is 16.1. The number of alkyl halides is 1. The van der Waals surface area contributed by atoms with Crippen LogP contribution >= 0.6 is 11.6 Å². The first-order chi connectivity index (χ1) is 21.7. The van der Waals surface area contributed by atoms with Gasteiger partial charge in [0.05, 0.1) is 12.2 Å². The summed E-state index contributed by atoms with van der Waals surface area (Å²) in [6, 6.07) is 16.8. The summed E-state index contributed by atoms with van der Waals surface area (Å²) in [4.78, 5) is 48.6. The van der Waals surface area contributed by atoms with Crippen LogP contribution in [-0.4, -0.2) is 55.8 Å². The highest BCUT2D eigenvalue weighted by Gasteiger charge is 2.40. The lowest BCUT2D eigenvalue weighted by Crippen LogP contribution is -2.44. The molecule has 6 rings (SSSR count). The molecular weight excluding hydrogens is 604 g/mol. The molecule has 1 N–H and O–H groups in total. The molecule has 2 aromatic heterocycles. The number of halogens is 3. The average Bonchev–Trinajstić information content (AvgIpc) is 3.59. The van der Waals surface area contributed by atoms with Crippen LogP contribution in [0.15, 0.2) is 85.3 Å². The number of rotatable bonds is 8. The molecule has 1 aliphatic heterocycles. The highest BCUT2D eigenvalue weighted by atomic mass is 35.5. The van der Waals surface area contributed by atoms with Crippen molar-refractivity contribution in [3.05, 3.63) is 102 Å². The van der Waals surface area contributed by atoms with Crippen LogP contribution in [0, 0.1) is 5.82 Å². The summed E-state index contributed by atoms with van der Waals surface area (Å²) in [6.07, 6.45) is 2.93. The number of nitrogens with one attached hydrogen (secondary N) is 1. The number of anilines is 1. The van der Waals surface area contributed by atoms with Crippen molar-refractivity contribution in [2.45, 2.75) is 32.1 Å². The Kier molecular flexibility index (Phi) is 8.27. The van der Waals surface area contributed by atoms with E-state index in [1.165, 1.54) is 31.5 Å². The highest BCUT2D eigenvalue weighted by molar-refractivity contribution is 6.33. The average molecular weight is 630 g/mol. The Labute approximate surface area is 261 Å². The molecule has 2 amide bonds. The van der Waals surface area contributed by atoms with Crippen LogP contribution in [0.25, 0.3) is 22.0 Å². The van der Waals surface area contributed by atoms with Crippen LogP contribution in [-0.2, 0) is 16.1 Å². The zero-order valence-electron chi connectivity index (χ0n) is 23.9. The van der Waals surface area contributed by atoms with Gasteiger partial charge in [-0.05, 0) is 43.3 Å². The molecular formula is C33H26ClF2N5O4. The van der Waals surface area contributed by atoms with E-state index in [1.54, 1.807) is 65.4 Å². The van der Waals surface area contributed by atoms with Gasteiger partial charge in [0.25, 0.3) is 0 Å². The van der Waals surface area contributed by atoms with Gasteiger partial charge in [0.15, 0.2) is 11.6 Å². The maximum absolute atomic E-state index is 15.5. The van der Waals surface area contributed by atoms with Gasteiger partial charge in [0.2, 0.25) is 11.8 Å². The van der Waals surface area contributed by atoms with E-state index in [-0.39, 0.29) is 42.6 Å². The van der Waals surface area contributed by atoms with E-state index in [9.17, 15) is 18.8 Å². The Hall–Kier alpha value is -5.16. The number of benzene rings is 3. The fourth-order valence-electron chi connectivity index (χ4n) is 5.47. The van der Waals surface area contributed by atoms with Crippen molar-refractivity contribution in [2.24, 2.45) is 0 Å². The molecule has 0 spiro atoms. The third-order valence-electron chi connectivity index (χ3n) is 7.58. The number of hydrogen-bond acceptors (Lipinski definition) is 6. The minimum Gasteiger partial charge on any atom is -0.424 e. The molecule has 228 valence electrons. The van der Waals surface area contributed by atoms with E-state index >= 15 is 4.39 Å². The molecule has 9 nitrogen and oxygen atoms in total. The zero-order valence-corrected chi connectivity index (χ0v) is 24.7. The number of aromatic nitrogens is 3. The molecule has 1 aliphatic rings. The van der Waals surface area contributed by atoms with Gasteiger partial charge in [-0.1, -0.05) is 41.9 Å². The summed E-state index contributed by atoms with van der Waals surface area (Å²) >= 11 is 6.25. The minimum atomic E-state index is -1.45. The SMILES string of the molecule is CC(=O)c1cn(CC(=O)N2CC(F)CC2C(=O)Nc2cccc(-c3ccccc3Cl)c2F)c2ccc(Oc3ncccn3)cc12. The van der Waals surface area contributed by atoms with Gasteiger partial charge in [0, 0.05) is 57.6 Å². The number of hydrogen-bond donors (Lipinski definition) is 1. The van der Waals surface area contributed by atoms with Crippen LogP contribution in [0.5, 0.6) is 11.8 Å². The largest absolute Gasteiger partial charge is 0.424 e. The first kappa shape index (κ1) is 29.9. The van der Waals surface area contributed by atoms with Gasteiger partial charge < -0.3 is 19.5 Å². The summed E-state index contributed by atoms with van der Waals surface area (Å²) in [5.74, 6) is -1.80. The molecule has 1 saturated heterocycles. The van der Waals surface area contributed by atoms with Crippen molar-refractivity contribution in [1.29, 1.82) is 0 Å². The number of carbonyl (C=O) groups is 3. The lowest BCUT2D eigenvalue weighted by Gasteiger charge is -2.24. The number of amides is 2.